The molecule has 0 amide bonds. The lowest BCUT2D eigenvalue weighted by molar-refractivity contribution is 0.456. The highest BCUT2D eigenvalue weighted by molar-refractivity contribution is 5.64. The monoisotopic (exact) mass is 216 g/mol. The summed E-state index contributed by atoms with van der Waals surface area (Å²) < 4.78 is 0. The molecule has 0 aliphatic heterocycles. The second-order valence-corrected chi connectivity index (χ2v) is 4.58. The maximum atomic E-state index is 9.94. The van der Waals surface area contributed by atoms with Crippen LogP contribution in [0.2, 0.25) is 0 Å². The van der Waals surface area contributed by atoms with E-state index in [0.29, 0.717) is 5.56 Å². The molecule has 0 aromatic heterocycles. The van der Waals surface area contributed by atoms with E-state index in [9.17, 15) is 5.11 Å². The van der Waals surface area contributed by atoms with Gasteiger partial charge in [0.2, 0.25) is 0 Å². The number of nitrogens with one attached hydrogen (secondary N) is 1. The van der Waals surface area contributed by atoms with Crippen molar-refractivity contribution in [2.45, 2.75) is 26.3 Å². The standard InChI is InChI=1S/C13H16N2O/c1-13(2,3)15-11(9-14)12(16)10-7-5-4-6-8-10/h4-8,15-16H,1-3H3/b12-11-. The highest BCUT2D eigenvalue weighted by Crippen LogP contribution is 2.15. The highest BCUT2D eigenvalue weighted by Gasteiger charge is 2.15. The second kappa shape index (κ2) is 4.71. The van der Waals surface area contributed by atoms with Crippen LogP contribution in [0.25, 0.3) is 5.76 Å². The molecular weight excluding hydrogens is 200 g/mol. The number of rotatable bonds is 2. The molecule has 0 unspecified atom stereocenters. The summed E-state index contributed by atoms with van der Waals surface area (Å²) in [5.41, 5.74) is 0.572. The average Bonchev–Trinajstić information content (AvgIpc) is 2.25. The van der Waals surface area contributed by atoms with Gasteiger partial charge in [-0.3, -0.25) is 0 Å². The highest BCUT2D eigenvalue weighted by atomic mass is 16.3. The van der Waals surface area contributed by atoms with Gasteiger partial charge < -0.3 is 10.4 Å². The third-order valence-corrected chi connectivity index (χ3v) is 1.90. The molecule has 0 saturated carbocycles. The van der Waals surface area contributed by atoms with Crippen LogP contribution in [-0.4, -0.2) is 10.6 Å². The molecule has 3 nitrogen and oxygen atoms in total. The Kier molecular flexibility index (Phi) is 3.57. The molecule has 84 valence electrons. The first-order valence-corrected chi connectivity index (χ1v) is 5.11. The van der Waals surface area contributed by atoms with Gasteiger partial charge in [-0.15, -0.1) is 0 Å². The van der Waals surface area contributed by atoms with Crippen molar-refractivity contribution in [3.05, 3.63) is 41.6 Å². The number of allylic oxidation sites excluding steroid dienone is 1. The number of nitriles is 1. The Morgan fingerprint density at radius 1 is 1.25 bits per heavy atom. The zero-order valence-electron chi connectivity index (χ0n) is 9.78. The minimum absolute atomic E-state index is 0.0157. The maximum Gasteiger partial charge on any atom is 0.156 e. The lowest BCUT2D eigenvalue weighted by atomic mass is 10.1. The average molecular weight is 216 g/mol. The molecule has 1 aromatic rings. The van der Waals surface area contributed by atoms with Crippen molar-refractivity contribution < 1.29 is 5.11 Å². The van der Waals surface area contributed by atoms with Crippen LogP contribution in [-0.2, 0) is 0 Å². The van der Waals surface area contributed by atoms with Gasteiger partial charge in [-0.05, 0) is 20.8 Å². The van der Waals surface area contributed by atoms with E-state index < -0.39 is 0 Å². The van der Waals surface area contributed by atoms with Crippen LogP contribution in [0, 0.1) is 11.3 Å². The molecule has 0 atom stereocenters. The number of aliphatic hydroxyl groups excluding tert-OH is 1. The van der Waals surface area contributed by atoms with Crippen molar-refractivity contribution in [2.24, 2.45) is 0 Å². The first-order valence-electron chi connectivity index (χ1n) is 5.11. The number of aliphatic hydroxyl groups is 1. The normalized spacial score (nSPS) is 12.6. The van der Waals surface area contributed by atoms with Gasteiger partial charge in [-0.25, -0.2) is 0 Å². The maximum absolute atomic E-state index is 9.94. The summed E-state index contributed by atoms with van der Waals surface area (Å²) in [5.74, 6) is -0.0157. The molecule has 1 rings (SSSR count). The van der Waals surface area contributed by atoms with Crippen LogP contribution in [0.5, 0.6) is 0 Å². The van der Waals surface area contributed by atoms with Gasteiger partial charge in [0.25, 0.3) is 0 Å². The molecule has 16 heavy (non-hydrogen) atoms. The van der Waals surface area contributed by atoms with Gasteiger partial charge in [0.15, 0.2) is 11.5 Å². The van der Waals surface area contributed by atoms with Gasteiger partial charge in [-0.2, -0.15) is 5.26 Å². The molecule has 2 N–H and O–H groups in total. The van der Waals surface area contributed by atoms with E-state index >= 15 is 0 Å². The molecule has 0 spiro atoms. The Balaban J connectivity index is 3.07. The Morgan fingerprint density at radius 3 is 2.25 bits per heavy atom. The third-order valence-electron chi connectivity index (χ3n) is 1.90. The lowest BCUT2D eigenvalue weighted by Crippen LogP contribution is -2.35. The Morgan fingerprint density at radius 2 is 1.81 bits per heavy atom. The van der Waals surface area contributed by atoms with Crippen molar-refractivity contribution in [1.82, 2.24) is 5.32 Å². The fourth-order valence-corrected chi connectivity index (χ4v) is 1.26. The largest absolute Gasteiger partial charge is 0.504 e. The van der Waals surface area contributed by atoms with Gasteiger partial charge >= 0.3 is 0 Å². The van der Waals surface area contributed by atoms with E-state index in [-0.39, 0.29) is 17.0 Å². The molecule has 0 aliphatic carbocycles. The summed E-state index contributed by atoms with van der Waals surface area (Å²) in [4.78, 5) is 0. The summed E-state index contributed by atoms with van der Waals surface area (Å²) >= 11 is 0. The fraction of sp³-hybridized carbons (Fsp3) is 0.308. The molecule has 0 radical (unpaired) electrons. The third kappa shape index (κ3) is 3.32. The minimum Gasteiger partial charge on any atom is -0.504 e. The van der Waals surface area contributed by atoms with E-state index in [1.807, 2.05) is 45.0 Å². The fourth-order valence-electron chi connectivity index (χ4n) is 1.26. The van der Waals surface area contributed by atoms with Gasteiger partial charge in [0, 0.05) is 11.1 Å². The molecule has 0 aliphatic rings. The first-order chi connectivity index (χ1) is 7.44. The van der Waals surface area contributed by atoms with Crippen LogP contribution in [0.1, 0.15) is 26.3 Å². The zero-order valence-corrected chi connectivity index (χ0v) is 9.78. The minimum atomic E-state index is -0.256. The van der Waals surface area contributed by atoms with E-state index in [0.717, 1.165) is 0 Å². The predicted molar refractivity (Wildman–Crippen MR) is 64.5 cm³/mol. The van der Waals surface area contributed by atoms with Crippen molar-refractivity contribution >= 4 is 5.76 Å². The predicted octanol–water partition coefficient (Wildman–Crippen LogP) is 2.82. The van der Waals surface area contributed by atoms with Crippen molar-refractivity contribution in [3.8, 4) is 6.07 Å². The number of hydrogen-bond acceptors (Lipinski definition) is 3. The van der Waals surface area contributed by atoms with E-state index in [4.69, 9.17) is 5.26 Å². The van der Waals surface area contributed by atoms with Crippen LogP contribution in [0.3, 0.4) is 0 Å². The van der Waals surface area contributed by atoms with E-state index in [1.54, 1.807) is 12.1 Å². The van der Waals surface area contributed by atoms with Crippen molar-refractivity contribution in [1.29, 1.82) is 5.26 Å². The first kappa shape index (κ1) is 12.1. The van der Waals surface area contributed by atoms with Gasteiger partial charge in [0.05, 0.1) is 0 Å². The smallest absolute Gasteiger partial charge is 0.156 e. The van der Waals surface area contributed by atoms with Gasteiger partial charge in [0.1, 0.15) is 6.07 Å². The Bertz CT molecular complexity index is 421. The molecule has 0 fully saturated rings. The van der Waals surface area contributed by atoms with E-state index in [2.05, 4.69) is 5.32 Å². The SMILES string of the molecule is CC(C)(C)N/C(C#N)=C(\O)c1ccccc1. The Labute approximate surface area is 96.0 Å². The van der Waals surface area contributed by atoms with Crippen molar-refractivity contribution in [3.63, 3.8) is 0 Å². The molecule has 1 aromatic carbocycles. The topological polar surface area (TPSA) is 56.0 Å². The molecule has 0 heterocycles. The van der Waals surface area contributed by atoms with Crippen LogP contribution in [0.15, 0.2) is 36.0 Å². The Hall–Kier alpha value is -1.95. The summed E-state index contributed by atoms with van der Waals surface area (Å²) in [6, 6.07) is 11.0. The molecule has 3 heteroatoms. The number of benzene rings is 1. The quantitative estimate of drug-likeness (QED) is 0.590. The summed E-state index contributed by atoms with van der Waals surface area (Å²) in [6.07, 6.45) is 0. The molecule has 0 bridgehead atoms. The van der Waals surface area contributed by atoms with Crippen LogP contribution >= 0.6 is 0 Å². The molecular formula is C13H16N2O. The summed E-state index contributed by atoms with van der Waals surface area (Å²) in [6.45, 7) is 5.80. The van der Waals surface area contributed by atoms with Crippen LogP contribution in [0.4, 0.5) is 0 Å². The zero-order chi connectivity index (χ0) is 12.2. The van der Waals surface area contributed by atoms with Crippen LogP contribution < -0.4 is 5.32 Å². The number of nitrogens with zero attached hydrogens (tertiary/aromatic N) is 1. The summed E-state index contributed by atoms with van der Waals surface area (Å²) in [5, 5.41) is 21.9. The number of hydrogen-bond donors (Lipinski definition) is 2. The van der Waals surface area contributed by atoms with E-state index in [1.165, 1.54) is 0 Å². The van der Waals surface area contributed by atoms with Crippen molar-refractivity contribution in [2.75, 3.05) is 0 Å². The second-order valence-electron chi connectivity index (χ2n) is 4.58. The van der Waals surface area contributed by atoms with Gasteiger partial charge in [-0.1, -0.05) is 30.3 Å². The lowest BCUT2D eigenvalue weighted by Gasteiger charge is -2.21. The molecule has 0 saturated heterocycles. The summed E-state index contributed by atoms with van der Waals surface area (Å²) in [7, 11) is 0.